The second-order valence-corrected chi connectivity index (χ2v) is 4.83. The number of rotatable bonds is 4. The maximum absolute atomic E-state index is 9.13. The zero-order valence-corrected chi connectivity index (χ0v) is 10.1. The zero-order valence-electron chi connectivity index (χ0n) is 10.1. The highest BCUT2D eigenvalue weighted by atomic mass is 16.3. The normalized spacial score (nSPS) is 11.8. The number of hydrogen-bond acceptors (Lipinski definition) is 2. The van der Waals surface area contributed by atoms with Crippen molar-refractivity contribution in [3.05, 3.63) is 34.9 Å². The average molecular weight is 207 g/mol. The summed E-state index contributed by atoms with van der Waals surface area (Å²) in [6, 6.07) is 6.45. The summed E-state index contributed by atoms with van der Waals surface area (Å²) < 4.78 is 0. The van der Waals surface area contributed by atoms with E-state index in [2.05, 4.69) is 37.4 Å². The Kier molecular flexibility index (Phi) is 3.89. The molecule has 0 fully saturated rings. The standard InChI is InChI=1S/C13H21NO/c1-10-5-6-11(2)12(7-10)8-14-13(3,4)9-15/h5-7,14-15H,8-9H2,1-4H3. The molecule has 0 aliphatic rings. The van der Waals surface area contributed by atoms with Gasteiger partial charge in [-0.15, -0.1) is 0 Å². The third kappa shape index (κ3) is 3.65. The molecule has 0 spiro atoms. The van der Waals surface area contributed by atoms with E-state index < -0.39 is 0 Å². The Morgan fingerprint density at radius 2 is 1.93 bits per heavy atom. The van der Waals surface area contributed by atoms with Gasteiger partial charge in [-0.25, -0.2) is 0 Å². The van der Waals surface area contributed by atoms with Crippen LogP contribution >= 0.6 is 0 Å². The molecule has 84 valence electrons. The summed E-state index contributed by atoms with van der Waals surface area (Å²) in [5, 5.41) is 12.5. The van der Waals surface area contributed by atoms with Gasteiger partial charge in [-0.05, 0) is 38.8 Å². The topological polar surface area (TPSA) is 32.3 Å². The fourth-order valence-electron chi connectivity index (χ4n) is 1.38. The smallest absolute Gasteiger partial charge is 0.0607 e. The van der Waals surface area contributed by atoms with Crippen molar-refractivity contribution in [2.24, 2.45) is 0 Å². The molecule has 2 heteroatoms. The molecule has 0 amide bonds. The molecule has 0 unspecified atom stereocenters. The second kappa shape index (κ2) is 4.77. The van der Waals surface area contributed by atoms with Gasteiger partial charge in [0.2, 0.25) is 0 Å². The Bertz CT molecular complexity index is 331. The number of hydrogen-bond donors (Lipinski definition) is 2. The molecule has 0 aliphatic carbocycles. The minimum Gasteiger partial charge on any atom is -0.394 e. The van der Waals surface area contributed by atoms with Crippen molar-refractivity contribution in [1.82, 2.24) is 5.32 Å². The maximum atomic E-state index is 9.13. The Balaban J connectivity index is 2.69. The monoisotopic (exact) mass is 207 g/mol. The highest BCUT2D eigenvalue weighted by Crippen LogP contribution is 2.12. The summed E-state index contributed by atoms with van der Waals surface area (Å²) in [5.41, 5.74) is 3.66. The van der Waals surface area contributed by atoms with Crippen LogP contribution in [0.15, 0.2) is 18.2 Å². The van der Waals surface area contributed by atoms with Gasteiger partial charge in [0.05, 0.1) is 6.61 Å². The zero-order chi connectivity index (χ0) is 11.5. The summed E-state index contributed by atoms with van der Waals surface area (Å²) in [6.07, 6.45) is 0. The molecule has 0 aromatic heterocycles. The first-order chi connectivity index (χ1) is 6.94. The molecule has 0 radical (unpaired) electrons. The van der Waals surface area contributed by atoms with E-state index >= 15 is 0 Å². The van der Waals surface area contributed by atoms with E-state index in [1.807, 2.05) is 13.8 Å². The van der Waals surface area contributed by atoms with Crippen LogP contribution < -0.4 is 5.32 Å². The Morgan fingerprint density at radius 3 is 2.53 bits per heavy atom. The molecule has 1 rings (SSSR count). The third-order valence-corrected chi connectivity index (χ3v) is 2.66. The lowest BCUT2D eigenvalue weighted by molar-refractivity contribution is 0.187. The summed E-state index contributed by atoms with van der Waals surface area (Å²) in [4.78, 5) is 0. The number of aliphatic hydroxyl groups is 1. The van der Waals surface area contributed by atoms with Crippen molar-refractivity contribution in [1.29, 1.82) is 0 Å². The molecule has 1 aromatic rings. The lowest BCUT2D eigenvalue weighted by Crippen LogP contribution is -2.42. The van der Waals surface area contributed by atoms with Crippen molar-refractivity contribution in [3.8, 4) is 0 Å². The molecule has 0 aliphatic heterocycles. The summed E-state index contributed by atoms with van der Waals surface area (Å²) in [5.74, 6) is 0. The average Bonchev–Trinajstić information content (AvgIpc) is 2.20. The highest BCUT2D eigenvalue weighted by molar-refractivity contribution is 5.30. The molecular weight excluding hydrogens is 186 g/mol. The summed E-state index contributed by atoms with van der Waals surface area (Å²) in [7, 11) is 0. The van der Waals surface area contributed by atoms with E-state index in [1.54, 1.807) is 0 Å². The molecule has 15 heavy (non-hydrogen) atoms. The van der Waals surface area contributed by atoms with Gasteiger partial charge in [0.15, 0.2) is 0 Å². The quantitative estimate of drug-likeness (QED) is 0.793. The van der Waals surface area contributed by atoms with Crippen LogP contribution in [-0.2, 0) is 6.54 Å². The first-order valence-corrected chi connectivity index (χ1v) is 5.36. The van der Waals surface area contributed by atoms with Crippen LogP contribution in [0, 0.1) is 13.8 Å². The lowest BCUT2D eigenvalue weighted by Gasteiger charge is -2.24. The van der Waals surface area contributed by atoms with E-state index in [0.717, 1.165) is 6.54 Å². The Hall–Kier alpha value is -0.860. The van der Waals surface area contributed by atoms with Gasteiger partial charge in [0.1, 0.15) is 0 Å². The van der Waals surface area contributed by atoms with E-state index in [0.29, 0.717) is 0 Å². The summed E-state index contributed by atoms with van der Waals surface area (Å²) in [6.45, 7) is 9.16. The van der Waals surface area contributed by atoms with Gasteiger partial charge in [0, 0.05) is 12.1 Å². The fraction of sp³-hybridized carbons (Fsp3) is 0.538. The van der Waals surface area contributed by atoms with Crippen LogP contribution in [0.5, 0.6) is 0 Å². The Morgan fingerprint density at radius 1 is 1.27 bits per heavy atom. The van der Waals surface area contributed by atoms with E-state index in [1.165, 1.54) is 16.7 Å². The first kappa shape index (κ1) is 12.2. The molecule has 2 nitrogen and oxygen atoms in total. The van der Waals surface area contributed by atoms with Crippen molar-refractivity contribution >= 4 is 0 Å². The SMILES string of the molecule is Cc1ccc(C)c(CNC(C)(C)CO)c1. The molecule has 1 aromatic carbocycles. The van der Waals surface area contributed by atoms with Crippen LogP contribution in [0.2, 0.25) is 0 Å². The number of nitrogens with one attached hydrogen (secondary N) is 1. The maximum Gasteiger partial charge on any atom is 0.0607 e. The lowest BCUT2D eigenvalue weighted by atomic mass is 10.0. The number of aliphatic hydroxyl groups excluding tert-OH is 1. The van der Waals surface area contributed by atoms with E-state index in [4.69, 9.17) is 5.11 Å². The van der Waals surface area contributed by atoms with Gasteiger partial charge in [-0.3, -0.25) is 0 Å². The van der Waals surface area contributed by atoms with Gasteiger partial charge < -0.3 is 10.4 Å². The molecule has 2 N–H and O–H groups in total. The highest BCUT2D eigenvalue weighted by Gasteiger charge is 2.15. The van der Waals surface area contributed by atoms with E-state index in [9.17, 15) is 0 Å². The third-order valence-electron chi connectivity index (χ3n) is 2.66. The van der Waals surface area contributed by atoms with E-state index in [-0.39, 0.29) is 12.1 Å². The van der Waals surface area contributed by atoms with Crippen molar-refractivity contribution in [3.63, 3.8) is 0 Å². The minimum atomic E-state index is -0.212. The van der Waals surface area contributed by atoms with Crippen LogP contribution in [-0.4, -0.2) is 17.3 Å². The fourth-order valence-corrected chi connectivity index (χ4v) is 1.38. The predicted molar refractivity (Wildman–Crippen MR) is 63.9 cm³/mol. The van der Waals surface area contributed by atoms with Crippen LogP contribution in [0.4, 0.5) is 0 Å². The largest absolute Gasteiger partial charge is 0.394 e. The van der Waals surface area contributed by atoms with Crippen LogP contribution in [0.3, 0.4) is 0 Å². The van der Waals surface area contributed by atoms with Crippen LogP contribution in [0.1, 0.15) is 30.5 Å². The Labute approximate surface area is 92.3 Å². The molecule has 0 bridgehead atoms. The van der Waals surface area contributed by atoms with Crippen LogP contribution in [0.25, 0.3) is 0 Å². The number of aryl methyl sites for hydroxylation is 2. The van der Waals surface area contributed by atoms with Gasteiger partial charge >= 0.3 is 0 Å². The van der Waals surface area contributed by atoms with Gasteiger partial charge in [-0.2, -0.15) is 0 Å². The van der Waals surface area contributed by atoms with Crippen molar-refractivity contribution in [2.45, 2.75) is 39.8 Å². The van der Waals surface area contributed by atoms with Crippen molar-refractivity contribution in [2.75, 3.05) is 6.61 Å². The first-order valence-electron chi connectivity index (χ1n) is 5.36. The summed E-state index contributed by atoms with van der Waals surface area (Å²) >= 11 is 0. The molecular formula is C13H21NO. The molecule has 0 saturated carbocycles. The molecule has 0 atom stereocenters. The molecule has 0 saturated heterocycles. The van der Waals surface area contributed by atoms with Gasteiger partial charge in [0.25, 0.3) is 0 Å². The minimum absolute atomic E-state index is 0.151. The van der Waals surface area contributed by atoms with Gasteiger partial charge in [-0.1, -0.05) is 23.8 Å². The molecule has 0 heterocycles. The predicted octanol–water partition coefficient (Wildman–Crippen LogP) is 2.16. The second-order valence-electron chi connectivity index (χ2n) is 4.83. The van der Waals surface area contributed by atoms with Crippen molar-refractivity contribution < 1.29 is 5.11 Å². The number of benzene rings is 1.